The van der Waals surface area contributed by atoms with E-state index in [4.69, 9.17) is 49.4 Å². The minimum atomic E-state index is -1.40. The van der Waals surface area contributed by atoms with Crippen LogP contribution < -0.4 is 9.47 Å². The van der Waals surface area contributed by atoms with Crippen molar-refractivity contribution in [3.8, 4) is 11.5 Å². The molecule has 0 aliphatic rings. The molecule has 4 aromatic rings. The Hall–Kier alpha value is -3.79. The van der Waals surface area contributed by atoms with Crippen LogP contribution in [0.3, 0.4) is 0 Å². The van der Waals surface area contributed by atoms with Gasteiger partial charge in [-0.25, -0.2) is 22.4 Å². The van der Waals surface area contributed by atoms with Crippen LogP contribution in [0.15, 0.2) is 60.7 Å². The Morgan fingerprint density at radius 2 is 1.10 bits per heavy atom. The van der Waals surface area contributed by atoms with Crippen LogP contribution in [0.25, 0.3) is 0 Å². The molecule has 5 nitrogen and oxygen atoms in total. The normalized spacial score (nSPS) is 10.5. The topological polar surface area (TPSA) is 72.8 Å². The standard InChI is InChI=1S/C15H10Cl2F2O2.C15H11ClF2O3/c1-21-13-7-12(18)10(15(17)20)6-9(13)5-8-3-2-4-11(16)14(8)19;1-21-13-7-12(17)10(15(19)20)6-9(13)5-8-3-2-4-11(16)14(8)18/h2-4,6-7H,5H2,1H3;2-4,6-7H,5H2,1H3,(H,19,20). The number of hydrogen-bond acceptors (Lipinski definition) is 4. The van der Waals surface area contributed by atoms with Crippen molar-refractivity contribution in [2.75, 3.05) is 14.2 Å². The maximum absolute atomic E-state index is 13.9. The molecule has 0 saturated heterocycles. The van der Waals surface area contributed by atoms with Crippen molar-refractivity contribution in [3.63, 3.8) is 0 Å². The van der Waals surface area contributed by atoms with Gasteiger partial charge in [0.2, 0.25) is 0 Å². The summed E-state index contributed by atoms with van der Waals surface area (Å²) in [6.07, 6.45) is 0.128. The van der Waals surface area contributed by atoms with E-state index < -0.39 is 40.0 Å². The van der Waals surface area contributed by atoms with Crippen molar-refractivity contribution in [1.82, 2.24) is 0 Å². The molecule has 42 heavy (non-hydrogen) atoms. The van der Waals surface area contributed by atoms with Crippen molar-refractivity contribution in [2.24, 2.45) is 0 Å². The summed E-state index contributed by atoms with van der Waals surface area (Å²) in [4.78, 5) is 22.2. The number of methoxy groups -OCH3 is 2. The molecule has 0 amide bonds. The van der Waals surface area contributed by atoms with Crippen LogP contribution in [-0.2, 0) is 12.8 Å². The van der Waals surface area contributed by atoms with Crippen molar-refractivity contribution < 1.29 is 41.7 Å². The average molecular weight is 644 g/mol. The summed E-state index contributed by atoms with van der Waals surface area (Å²) < 4.78 is 65.2. The van der Waals surface area contributed by atoms with E-state index >= 15 is 0 Å². The van der Waals surface area contributed by atoms with Gasteiger partial charge in [-0.1, -0.05) is 47.5 Å². The maximum atomic E-state index is 13.9. The molecule has 0 aliphatic heterocycles. The molecule has 4 rings (SSSR count). The zero-order valence-corrected chi connectivity index (χ0v) is 24.2. The molecule has 0 heterocycles. The predicted molar refractivity (Wildman–Crippen MR) is 151 cm³/mol. The molecule has 0 aromatic heterocycles. The first-order chi connectivity index (χ1) is 19.9. The molecule has 0 aliphatic carbocycles. The van der Waals surface area contributed by atoms with Gasteiger partial charge in [0.25, 0.3) is 5.24 Å². The number of aromatic carboxylic acids is 1. The molecule has 220 valence electrons. The van der Waals surface area contributed by atoms with Gasteiger partial charge in [0.05, 0.1) is 35.4 Å². The summed E-state index contributed by atoms with van der Waals surface area (Å²) in [6.45, 7) is 0. The Balaban J connectivity index is 0.000000230. The first-order valence-corrected chi connectivity index (χ1v) is 13.0. The monoisotopic (exact) mass is 642 g/mol. The van der Waals surface area contributed by atoms with E-state index in [0.717, 1.165) is 18.2 Å². The van der Waals surface area contributed by atoms with E-state index in [1.165, 1.54) is 38.5 Å². The highest BCUT2D eigenvalue weighted by atomic mass is 35.5. The van der Waals surface area contributed by atoms with E-state index in [9.17, 15) is 27.2 Å². The number of halogens is 7. The number of carbonyl (C=O) groups is 2. The summed E-state index contributed by atoms with van der Waals surface area (Å²) in [5.41, 5.74) is 0.591. The third kappa shape index (κ3) is 7.73. The summed E-state index contributed by atoms with van der Waals surface area (Å²) in [6, 6.07) is 13.5. The van der Waals surface area contributed by atoms with Gasteiger partial charge in [0, 0.05) is 25.0 Å². The molecule has 0 spiro atoms. The third-order valence-electron chi connectivity index (χ3n) is 6.01. The highest BCUT2D eigenvalue weighted by Gasteiger charge is 2.18. The van der Waals surface area contributed by atoms with Crippen LogP contribution in [0, 0.1) is 23.3 Å². The number of rotatable bonds is 8. The highest BCUT2D eigenvalue weighted by molar-refractivity contribution is 6.67. The van der Waals surface area contributed by atoms with Gasteiger partial charge < -0.3 is 14.6 Å². The third-order valence-corrected chi connectivity index (χ3v) is 6.79. The lowest BCUT2D eigenvalue weighted by atomic mass is 10.0. The van der Waals surface area contributed by atoms with Gasteiger partial charge in [0.1, 0.15) is 34.8 Å². The molecule has 0 fully saturated rings. The average Bonchev–Trinajstić information content (AvgIpc) is 2.95. The molecule has 1 N–H and O–H groups in total. The molecule has 0 unspecified atom stereocenters. The number of benzene rings is 4. The van der Waals surface area contributed by atoms with Crippen molar-refractivity contribution >= 4 is 46.0 Å². The van der Waals surface area contributed by atoms with Gasteiger partial charge in [0.15, 0.2) is 0 Å². The van der Waals surface area contributed by atoms with Gasteiger partial charge in [-0.3, -0.25) is 4.79 Å². The fourth-order valence-electron chi connectivity index (χ4n) is 3.95. The maximum Gasteiger partial charge on any atom is 0.338 e. The van der Waals surface area contributed by atoms with Crippen molar-refractivity contribution in [1.29, 1.82) is 0 Å². The minimum absolute atomic E-state index is 0.0118. The van der Waals surface area contributed by atoms with Crippen LogP contribution in [0.1, 0.15) is 43.0 Å². The second-order valence-corrected chi connectivity index (χ2v) is 9.80. The smallest absolute Gasteiger partial charge is 0.338 e. The van der Waals surface area contributed by atoms with Crippen LogP contribution >= 0.6 is 34.8 Å². The number of ether oxygens (including phenoxy) is 2. The van der Waals surface area contributed by atoms with Gasteiger partial charge >= 0.3 is 5.97 Å². The molecule has 0 atom stereocenters. The Kier molecular flexibility index (Phi) is 11.2. The number of carbonyl (C=O) groups excluding carboxylic acids is 1. The first-order valence-electron chi connectivity index (χ1n) is 11.9. The lowest BCUT2D eigenvalue weighted by Gasteiger charge is -2.11. The SMILES string of the molecule is COc1cc(F)c(C(=O)Cl)cc1Cc1cccc(Cl)c1F.COc1cc(F)c(C(=O)O)cc1Cc1cccc(Cl)c1F. The van der Waals surface area contributed by atoms with Crippen molar-refractivity contribution in [2.45, 2.75) is 12.8 Å². The summed E-state index contributed by atoms with van der Waals surface area (Å²) in [7, 11) is 2.68. The summed E-state index contributed by atoms with van der Waals surface area (Å²) in [5, 5.41) is 7.97. The van der Waals surface area contributed by atoms with Crippen molar-refractivity contribution in [3.05, 3.63) is 127 Å². The fraction of sp³-hybridized carbons (Fsp3) is 0.133. The Morgan fingerprint density at radius 1 is 0.690 bits per heavy atom. The molecule has 12 heteroatoms. The molecule has 0 saturated carbocycles. The molecular weight excluding hydrogens is 623 g/mol. The molecule has 0 bridgehead atoms. The Bertz CT molecular complexity index is 1530. The molecular formula is C30H21Cl3F4O5. The van der Waals surface area contributed by atoms with Crippen LogP contribution in [-0.4, -0.2) is 30.5 Å². The summed E-state index contributed by atoms with van der Waals surface area (Å²) >= 11 is 16.7. The molecule has 0 radical (unpaired) electrons. The van der Waals surface area contributed by atoms with E-state index in [1.807, 2.05) is 0 Å². The number of hydrogen-bond donors (Lipinski definition) is 1. The van der Waals surface area contributed by atoms with E-state index in [2.05, 4.69) is 0 Å². The largest absolute Gasteiger partial charge is 0.496 e. The van der Waals surface area contributed by atoms with E-state index in [0.29, 0.717) is 16.7 Å². The zero-order valence-electron chi connectivity index (χ0n) is 21.9. The predicted octanol–water partition coefficient (Wildman–Crippen LogP) is 8.51. The second kappa shape index (κ2) is 14.4. The Morgan fingerprint density at radius 3 is 1.48 bits per heavy atom. The lowest BCUT2D eigenvalue weighted by Crippen LogP contribution is -2.05. The fourth-order valence-corrected chi connectivity index (χ4v) is 4.48. The number of carboxylic acids is 1. The lowest BCUT2D eigenvalue weighted by molar-refractivity contribution is 0.0691. The summed E-state index contributed by atoms with van der Waals surface area (Å²) in [5.74, 6) is -3.91. The number of carboxylic acid groups (broad SMARTS) is 1. The van der Waals surface area contributed by atoms with E-state index in [1.54, 1.807) is 18.2 Å². The van der Waals surface area contributed by atoms with Gasteiger partial charge in [-0.15, -0.1) is 0 Å². The first kappa shape index (κ1) is 32.7. The quantitative estimate of drug-likeness (QED) is 0.154. The zero-order chi connectivity index (χ0) is 31.1. The van der Waals surface area contributed by atoms with Crippen LogP contribution in [0.4, 0.5) is 17.6 Å². The second-order valence-electron chi connectivity index (χ2n) is 8.65. The van der Waals surface area contributed by atoms with Gasteiger partial charge in [-0.2, -0.15) is 0 Å². The Labute approximate surface area is 253 Å². The minimum Gasteiger partial charge on any atom is -0.496 e. The molecule has 4 aromatic carbocycles. The van der Waals surface area contributed by atoms with Crippen LogP contribution in [0.5, 0.6) is 11.5 Å². The van der Waals surface area contributed by atoms with Gasteiger partial charge in [-0.05, 0) is 58.1 Å². The highest BCUT2D eigenvalue weighted by Crippen LogP contribution is 2.30. The van der Waals surface area contributed by atoms with Crippen LogP contribution in [0.2, 0.25) is 10.0 Å². The van der Waals surface area contributed by atoms with E-state index in [-0.39, 0.29) is 45.5 Å².